The van der Waals surface area contributed by atoms with Gasteiger partial charge in [0.15, 0.2) is 5.82 Å². The largest absolute Gasteiger partial charge is 0.481 e. The Labute approximate surface area is 117 Å². The van der Waals surface area contributed by atoms with Crippen LogP contribution in [0.1, 0.15) is 40.0 Å². The minimum absolute atomic E-state index is 0.00659. The van der Waals surface area contributed by atoms with Crippen LogP contribution in [-0.2, 0) is 10.3 Å². The molecule has 0 aliphatic heterocycles. The molecular formula is C14H21N3O3. The van der Waals surface area contributed by atoms with Crippen LogP contribution in [0.5, 0.6) is 0 Å². The maximum Gasteiger partial charge on any atom is 0.306 e. The Balaban J connectivity index is 2.16. The third-order valence-electron chi connectivity index (χ3n) is 3.69. The van der Waals surface area contributed by atoms with Crippen molar-refractivity contribution in [3.8, 4) is 0 Å². The molecule has 1 fully saturated rings. The summed E-state index contributed by atoms with van der Waals surface area (Å²) < 4.78 is 1.63. The number of carboxylic acid groups (broad SMARTS) is 1. The maximum atomic E-state index is 12.3. The van der Waals surface area contributed by atoms with E-state index in [1.807, 2.05) is 20.8 Å². The van der Waals surface area contributed by atoms with E-state index in [4.69, 9.17) is 5.11 Å². The van der Waals surface area contributed by atoms with Gasteiger partial charge >= 0.3 is 5.97 Å². The third-order valence-corrected chi connectivity index (χ3v) is 3.69. The lowest BCUT2D eigenvalue weighted by atomic mass is 10.1. The molecule has 2 rings (SSSR count). The van der Waals surface area contributed by atoms with Crippen molar-refractivity contribution in [1.82, 2.24) is 9.55 Å². The topological polar surface area (TPSA) is 84.2 Å². The van der Waals surface area contributed by atoms with Crippen molar-refractivity contribution in [3.05, 3.63) is 22.7 Å². The van der Waals surface area contributed by atoms with E-state index in [0.29, 0.717) is 18.7 Å². The zero-order valence-corrected chi connectivity index (χ0v) is 12.1. The second kappa shape index (κ2) is 5.26. The van der Waals surface area contributed by atoms with E-state index in [-0.39, 0.29) is 23.1 Å². The van der Waals surface area contributed by atoms with Gasteiger partial charge in [0.05, 0.1) is 5.92 Å². The van der Waals surface area contributed by atoms with Crippen LogP contribution in [0.4, 0.5) is 5.82 Å². The molecule has 6 nitrogen and oxygen atoms in total. The van der Waals surface area contributed by atoms with E-state index in [9.17, 15) is 9.59 Å². The van der Waals surface area contributed by atoms with Gasteiger partial charge in [-0.1, -0.05) is 0 Å². The lowest BCUT2D eigenvalue weighted by Crippen LogP contribution is -2.36. The molecule has 0 bridgehead atoms. The fourth-order valence-electron chi connectivity index (χ4n) is 2.57. The van der Waals surface area contributed by atoms with Gasteiger partial charge in [0.2, 0.25) is 0 Å². The Morgan fingerprint density at radius 1 is 1.45 bits per heavy atom. The fraction of sp³-hybridized carbons (Fsp3) is 0.643. The number of aromatic nitrogens is 2. The molecule has 0 amide bonds. The lowest BCUT2D eigenvalue weighted by Gasteiger charge is -2.23. The van der Waals surface area contributed by atoms with Crippen LogP contribution >= 0.6 is 0 Å². The molecule has 1 aromatic heterocycles. The molecule has 1 aromatic rings. The van der Waals surface area contributed by atoms with E-state index in [1.54, 1.807) is 17.0 Å². The highest BCUT2D eigenvalue weighted by atomic mass is 16.4. The van der Waals surface area contributed by atoms with Gasteiger partial charge in [-0.25, -0.2) is 4.98 Å². The Kier molecular flexibility index (Phi) is 3.83. The zero-order valence-electron chi connectivity index (χ0n) is 12.1. The lowest BCUT2D eigenvalue weighted by molar-refractivity contribution is -0.141. The average molecular weight is 279 g/mol. The number of hydrogen-bond acceptors (Lipinski definition) is 4. The van der Waals surface area contributed by atoms with E-state index < -0.39 is 5.97 Å². The van der Waals surface area contributed by atoms with Crippen molar-refractivity contribution in [2.45, 2.75) is 51.6 Å². The number of nitrogens with one attached hydrogen (secondary N) is 1. The SMILES string of the molecule is CC(C)(C)n1ccnc(NC2CCC(C(=O)O)C2)c1=O. The third kappa shape index (κ3) is 3.00. The Hall–Kier alpha value is -1.85. The van der Waals surface area contributed by atoms with Crippen molar-refractivity contribution in [2.75, 3.05) is 5.32 Å². The van der Waals surface area contributed by atoms with Crippen LogP contribution in [0.3, 0.4) is 0 Å². The number of carboxylic acids is 1. The second-order valence-electron chi connectivity index (χ2n) is 6.31. The first kappa shape index (κ1) is 14.6. The summed E-state index contributed by atoms with van der Waals surface area (Å²) >= 11 is 0. The van der Waals surface area contributed by atoms with Crippen LogP contribution in [-0.4, -0.2) is 26.7 Å². The molecule has 6 heteroatoms. The summed E-state index contributed by atoms with van der Waals surface area (Å²) in [5, 5.41) is 12.1. The highest BCUT2D eigenvalue weighted by molar-refractivity contribution is 5.70. The smallest absolute Gasteiger partial charge is 0.306 e. The average Bonchev–Trinajstić information content (AvgIpc) is 2.79. The molecule has 1 saturated carbocycles. The number of nitrogens with zero attached hydrogens (tertiary/aromatic N) is 2. The standard InChI is InChI=1S/C14H21N3O3/c1-14(2,3)17-7-6-15-11(12(17)18)16-10-5-4-9(8-10)13(19)20/h6-7,9-10H,4-5,8H2,1-3H3,(H,15,16)(H,19,20). The molecule has 1 aliphatic rings. The molecule has 110 valence electrons. The van der Waals surface area contributed by atoms with E-state index in [0.717, 1.165) is 6.42 Å². The van der Waals surface area contributed by atoms with Gasteiger partial charge in [0.25, 0.3) is 5.56 Å². The number of aliphatic carboxylic acids is 1. The number of hydrogen-bond donors (Lipinski definition) is 2. The van der Waals surface area contributed by atoms with Crippen molar-refractivity contribution < 1.29 is 9.90 Å². The fourth-order valence-corrected chi connectivity index (χ4v) is 2.57. The van der Waals surface area contributed by atoms with E-state index in [2.05, 4.69) is 10.3 Å². The highest BCUT2D eigenvalue weighted by Crippen LogP contribution is 2.27. The summed E-state index contributed by atoms with van der Waals surface area (Å²) in [6.07, 6.45) is 5.21. The first-order valence-corrected chi connectivity index (χ1v) is 6.86. The molecule has 0 saturated heterocycles. The number of anilines is 1. The Morgan fingerprint density at radius 2 is 2.15 bits per heavy atom. The molecule has 20 heavy (non-hydrogen) atoms. The molecule has 2 N–H and O–H groups in total. The molecular weight excluding hydrogens is 258 g/mol. The maximum absolute atomic E-state index is 12.3. The van der Waals surface area contributed by atoms with Crippen LogP contribution in [0.15, 0.2) is 17.2 Å². The van der Waals surface area contributed by atoms with Gasteiger partial charge in [-0.05, 0) is 40.0 Å². The molecule has 0 aromatic carbocycles. The first-order chi connectivity index (χ1) is 9.29. The van der Waals surface area contributed by atoms with Crippen molar-refractivity contribution >= 4 is 11.8 Å². The summed E-state index contributed by atoms with van der Waals surface area (Å²) in [6, 6.07) is 0.00659. The van der Waals surface area contributed by atoms with Gasteiger partial charge in [0, 0.05) is 24.0 Å². The van der Waals surface area contributed by atoms with Crippen LogP contribution in [0.25, 0.3) is 0 Å². The molecule has 0 spiro atoms. The highest BCUT2D eigenvalue weighted by Gasteiger charge is 2.30. The summed E-state index contributed by atoms with van der Waals surface area (Å²) in [5.41, 5.74) is -0.478. The van der Waals surface area contributed by atoms with Crippen LogP contribution in [0.2, 0.25) is 0 Å². The monoisotopic (exact) mass is 279 g/mol. The van der Waals surface area contributed by atoms with Gasteiger partial charge in [0.1, 0.15) is 0 Å². The Bertz CT molecular complexity index is 560. The Morgan fingerprint density at radius 3 is 2.70 bits per heavy atom. The summed E-state index contributed by atoms with van der Waals surface area (Å²) in [7, 11) is 0. The molecule has 0 radical (unpaired) electrons. The summed E-state index contributed by atoms with van der Waals surface area (Å²) in [6.45, 7) is 5.86. The van der Waals surface area contributed by atoms with Gasteiger partial charge in [-0.3, -0.25) is 9.59 Å². The second-order valence-corrected chi connectivity index (χ2v) is 6.31. The van der Waals surface area contributed by atoms with Crippen molar-refractivity contribution in [2.24, 2.45) is 5.92 Å². The van der Waals surface area contributed by atoms with Crippen LogP contribution < -0.4 is 10.9 Å². The van der Waals surface area contributed by atoms with Crippen LogP contribution in [0, 0.1) is 5.92 Å². The summed E-state index contributed by atoms with van der Waals surface area (Å²) in [4.78, 5) is 27.4. The predicted octanol–water partition coefficient (Wildman–Crippen LogP) is 1.66. The number of carbonyl (C=O) groups is 1. The molecule has 2 unspecified atom stereocenters. The van der Waals surface area contributed by atoms with Gasteiger partial charge in [-0.2, -0.15) is 0 Å². The minimum atomic E-state index is -0.762. The van der Waals surface area contributed by atoms with Gasteiger partial charge < -0.3 is 15.0 Å². The molecule has 1 aliphatic carbocycles. The van der Waals surface area contributed by atoms with E-state index >= 15 is 0 Å². The minimum Gasteiger partial charge on any atom is -0.481 e. The number of rotatable bonds is 3. The van der Waals surface area contributed by atoms with E-state index in [1.165, 1.54) is 0 Å². The van der Waals surface area contributed by atoms with Gasteiger partial charge in [-0.15, -0.1) is 0 Å². The predicted molar refractivity (Wildman–Crippen MR) is 75.9 cm³/mol. The molecule has 2 atom stereocenters. The van der Waals surface area contributed by atoms with Crippen molar-refractivity contribution in [1.29, 1.82) is 0 Å². The van der Waals surface area contributed by atoms with Crippen molar-refractivity contribution in [3.63, 3.8) is 0 Å². The quantitative estimate of drug-likeness (QED) is 0.879. The first-order valence-electron chi connectivity index (χ1n) is 6.86. The normalized spacial score (nSPS) is 22.8. The summed E-state index contributed by atoms with van der Waals surface area (Å²) in [5.74, 6) is -0.776. The molecule has 1 heterocycles. The zero-order chi connectivity index (χ0) is 14.9.